The quantitative estimate of drug-likeness (QED) is 0.152. The predicted molar refractivity (Wildman–Crippen MR) is 278 cm³/mol. The molecule has 0 unspecified atom stereocenters. The first-order valence-corrected chi connectivity index (χ1v) is 23.1. The van der Waals surface area contributed by atoms with Crippen LogP contribution in [0.2, 0.25) is 0 Å². The smallest absolute Gasteiger partial charge is 0.159 e. The van der Waals surface area contributed by atoms with Gasteiger partial charge in [-0.05, 0) is 164 Å². The molecule has 2 heterocycles. The Labute approximate surface area is 383 Å². The second kappa shape index (κ2) is 14.7. The van der Waals surface area contributed by atoms with Gasteiger partial charge in [-0.1, -0.05) is 125 Å². The van der Waals surface area contributed by atoms with E-state index in [1.165, 1.54) is 54.9 Å². The molecule has 66 heavy (non-hydrogen) atoms. The Hall–Kier alpha value is -8.08. The SMILES string of the molecule is CC(C)c1cccc(N(c2ccc3cc4c(cc3c2)-c2cc3ccc(N(c5cccc(C(C)C)c5)c5cccc6c5oc5ccccc56)cc3cc2-4)c2cccc3c2oc2ccccc23)c1. The summed E-state index contributed by atoms with van der Waals surface area (Å²) in [6.07, 6.45) is 0. The highest BCUT2D eigenvalue weighted by molar-refractivity contribution is 6.14. The van der Waals surface area contributed by atoms with E-state index in [4.69, 9.17) is 8.83 Å². The molecular weight excluding hydrogens is 805 g/mol. The fourth-order valence-electron chi connectivity index (χ4n) is 10.4. The van der Waals surface area contributed by atoms with Crippen LogP contribution in [0.1, 0.15) is 50.7 Å². The van der Waals surface area contributed by atoms with E-state index in [1.54, 1.807) is 0 Å². The van der Waals surface area contributed by atoms with Gasteiger partial charge in [-0.2, -0.15) is 0 Å². The van der Waals surface area contributed by atoms with E-state index >= 15 is 0 Å². The maximum absolute atomic E-state index is 6.65. The molecular formula is C62H46N2O2. The number of rotatable bonds is 8. The lowest BCUT2D eigenvalue weighted by molar-refractivity contribution is 0.668. The van der Waals surface area contributed by atoms with E-state index in [1.807, 2.05) is 12.1 Å². The number of hydrogen-bond acceptors (Lipinski definition) is 4. The molecule has 0 atom stereocenters. The lowest BCUT2D eigenvalue weighted by Crippen LogP contribution is -2.11. The molecule has 12 aromatic rings. The molecule has 0 bridgehead atoms. The largest absolute Gasteiger partial charge is 0.454 e. The summed E-state index contributed by atoms with van der Waals surface area (Å²) in [5.74, 6) is 0.788. The Morgan fingerprint density at radius 2 is 0.697 bits per heavy atom. The summed E-state index contributed by atoms with van der Waals surface area (Å²) in [6.45, 7) is 9.01. The number of fused-ring (bicyclic) bond motifs is 12. The van der Waals surface area contributed by atoms with Crippen LogP contribution in [0.3, 0.4) is 0 Å². The number of hydrogen-bond donors (Lipinski definition) is 0. The Morgan fingerprint density at radius 3 is 1.14 bits per heavy atom. The zero-order chi connectivity index (χ0) is 44.2. The molecule has 2 aromatic heterocycles. The average Bonchev–Trinajstić information content (AvgIpc) is 3.93. The molecule has 0 amide bonds. The van der Waals surface area contributed by atoms with Gasteiger partial charge in [0, 0.05) is 44.3 Å². The Kier molecular flexibility index (Phi) is 8.57. The Morgan fingerprint density at radius 1 is 0.318 bits per heavy atom. The maximum Gasteiger partial charge on any atom is 0.159 e. The van der Waals surface area contributed by atoms with E-state index in [2.05, 4.69) is 219 Å². The molecule has 4 nitrogen and oxygen atoms in total. The third-order valence-electron chi connectivity index (χ3n) is 13.9. The fraction of sp³-hybridized carbons (Fsp3) is 0.0968. The minimum atomic E-state index is 0.394. The summed E-state index contributed by atoms with van der Waals surface area (Å²) in [5.41, 5.74) is 17.7. The molecule has 1 aliphatic rings. The topological polar surface area (TPSA) is 32.8 Å². The first-order valence-electron chi connectivity index (χ1n) is 23.1. The zero-order valence-corrected chi connectivity index (χ0v) is 37.3. The first kappa shape index (κ1) is 38.4. The van der Waals surface area contributed by atoms with Gasteiger partial charge in [-0.3, -0.25) is 0 Å². The van der Waals surface area contributed by atoms with Crippen LogP contribution >= 0.6 is 0 Å². The van der Waals surface area contributed by atoms with Crippen molar-refractivity contribution in [3.63, 3.8) is 0 Å². The lowest BCUT2D eigenvalue weighted by atomic mass is 9.78. The molecule has 0 saturated heterocycles. The van der Waals surface area contributed by atoms with Crippen LogP contribution in [0.5, 0.6) is 0 Å². The van der Waals surface area contributed by atoms with E-state index in [0.29, 0.717) is 11.8 Å². The van der Waals surface area contributed by atoms with Crippen molar-refractivity contribution in [3.8, 4) is 22.3 Å². The Balaban J connectivity index is 0.920. The van der Waals surface area contributed by atoms with Crippen LogP contribution < -0.4 is 9.80 Å². The van der Waals surface area contributed by atoms with Gasteiger partial charge in [0.15, 0.2) is 11.2 Å². The van der Waals surface area contributed by atoms with Gasteiger partial charge in [-0.25, -0.2) is 0 Å². The highest BCUT2D eigenvalue weighted by Gasteiger charge is 2.27. The van der Waals surface area contributed by atoms with Crippen LogP contribution in [-0.4, -0.2) is 0 Å². The second-order valence-corrected chi connectivity index (χ2v) is 18.5. The number of anilines is 6. The minimum absolute atomic E-state index is 0.394. The van der Waals surface area contributed by atoms with E-state index < -0.39 is 0 Å². The molecule has 1 aliphatic carbocycles. The maximum atomic E-state index is 6.65. The summed E-state index contributed by atoms with van der Waals surface area (Å²) < 4.78 is 13.3. The first-order chi connectivity index (χ1) is 32.3. The number of benzene rings is 10. The predicted octanol–water partition coefficient (Wildman–Crippen LogP) is 18.6. The van der Waals surface area contributed by atoms with Gasteiger partial charge in [0.05, 0.1) is 11.4 Å². The second-order valence-electron chi connectivity index (χ2n) is 18.5. The van der Waals surface area contributed by atoms with Crippen molar-refractivity contribution >= 4 is 99.5 Å². The molecule has 0 fully saturated rings. The minimum Gasteiger partial charge on any atom is -0.454 e. The van der Waals surface area contributed by atoms with Crippen LogP contribution in [0.25, 0.3) is 87.7 Å². The van der Waals surface area contributed by atoms with Gasteiger partial charge in [0.1, 0.15) is 11.2 Å². The molecule has 0 spiro atoms. The van der Waals surface area contributed by atoms with E-state index in [-0.39, 0.29) is 0 Å². The van der Waals surface area contributed by atoms with Crippen LogP contribution in [0.4, 0.5) is 34.1 Å². The molecule has 0 radical (unpaired) electrons. The number of nitrogens with zero attached hydrogens (tertiary/aromatic N) is 2. The molecule has 0 aliphatic heterocycles. The fourth-order valence-corrected chi connectivity index (χ4v) is 10.4. The van der Waals surface area contributed by atoms with Crippen LogP contribution in [-0.2, 0) is 0 Å². The standard InChI is InChI=1S/C62H46N2O2/c1-37(2)39-13-9-15-45(29-39)63(57-21-11-19-51-49-17-5-7-23-59(49)65-61(51)57)47-27-25-41-33-53-55(35-43(41)31-47)54-34-42-26-28-48(32-44(42)36-56(53)54)64(46-16-10-14-40(30-46)38(3)4)58-22-12-20-52-50-18-6-8-24-60(50)66-62(52)58/h5-38H,1-4H3. The number of para-hydroxylation sites is 4. The summed E-state index contributed by atoms with van der Waals surface area (Å²) in [5, 5.41) is 9.31. The van der Waals surface area contributed by atoms with Crippen molar-refractivity contribution in [1.82, 2.24) is 0 Å². The van der Waals surface area contributed by atoms with Crippen molar-refractivity contribution < 1.29 is 8.83 Å². The van der Waals surface area contributed by atoms with E-state index in [0.717, 1.165) is 78.0 Å². The third kappa shape index (κ3) is 5.98. The summed E-state index contributed by atoms with van der Waals surface area (Å²) in [6, 6.07) is 70.8. The van der Waals surface area contributed by atoms with E-state index in [9.17, 15) is 0 Å². The monoisotopic (exact) mass is 850 g/mol. The molecule has 10 aromatic carbocycles. The van der Waals surface area contributed by atoms with Crippen molar-refractivity contribution in [2.75, 3.05) is 9.80 Å². The normalized spacial score (nSPS) is 12.2. The molecule has 0 N–H and O–H groups in total. The Bertz CT molecular complexity index is 3650. The van der Waals surface area contributed by atoms with Crippen molar-refractivity contribution in [2.45, 2.75) is 39.5 Å². The highest BCUT2D eigenvalue weighted by Crippen LogP contribution is 2.52. The lowest BCUT2D eigenvalue weighted by Gasteiger charge is -2.29. The zero-order valence-electron chi connectivity index (χ0n) is 37.3. The van der Waals surface area contributed by atoms with Crippen molar-refractivity contribution in [2.24, 2.45) is 0 Å². The van der Waals surface area contributed by atoms with Gasteiger partial charge >= 0.3 is 0 Å². The molecule has 4 heteroatoms. The third-order valence-corrected chi connectivity index (χ3v) is 13.9. The summed E-state index contributed by atoms with van der Waals surface area (Å²) >= 11 is 0. The van der Waals surface area contributed by atoms with Crippen LogP contribution in [0.15, 0.2) is 203 Å². The van der Waals surface area contributed by atoms with Crippen LogP contribution in [0, 0.1) is 0 Å². The van der Waals surface area contributed by atoms with Gasteiger partial charge in [0.2, 0.25) is 0 Å². The molecule has 13 rings (SSSR count). The number of furan rings is 2. The van der Waals surface area contributed by atoms with Gasteiger partial charge in [0.25, 0.3) is 0 Å². The average molecular weight is 851 g/mol. The molecule has 0 saturated carbocycles. The van der Waals surface area contributed by atoms with Gasteiger partial charge < -0.3 is 18.6 Å². The van der Waals surface area contributed by atoms with Crippen molar-refractivity contribution in [3.05, 3.63) is 205 Å². The summed E-state index contributed by atoms with van der Waals surface area (Å²) in [4.78, 5) is 4.73. The van der Waals surface area contributed by atoms with Gasteiger partial charge in [-0.15, -0.1) is 0 Å². The molecule has 316 valence electrons. The highest BCUT2D eigenvalue weighted by atomic mass is 16.3. The van der Waals surface area contributed by atoms with Crippen molar-refractivity contribution in [1.29, 1.82) is 0 Å². The summed E-state index contributed by atoms with van der Waals surface area (Å²) in [7, 11) is 0.